The normalized spacial score (nSPS) is 23.5. The second kappa shape index (κ2) is 7.44. The molecule has 0 radical (unpaired) electrons. The summed E-state index contributed by atoms with van der Waals surface area (Å²) in [7, 11) is 0. The van der Waals surface area contributed by atoms with Gasteiger partial charge < -0.3 is 9.64 Å². The van der Waals surface area contributed by atoms with Gasteiger partial charge in [0.15, 0.2) is 0 Å². The number of carbonyl (C=O) groups is 1. The minimum Gasteiger partial charge on any atom is -0.378 e. The lowest BCUT2D eigenvalue weighted by Crippen LogP contribution is -2.48. The van der Waals surface area contributed by atoms with Crippen molar-refractivity contribution in [3.05, 3.63) is 34.9 Å². The Labute approximate surface area is 137 Å². The lowest BCUT2D eigenvalue weighted by atomic mass is 9.96. The molecule has 1 aromatic rings. The topological polar surface area (TPSA) is 32.8 Å². The molecule has 22 heavy (non-hydrogen) atoms. The first-order valence-electron chi connectivity index (χ1n) is 8.06. The summed E-state index contributed by atoms with van der Waals surface area (Å²) in [5.41, 5.74) is 1.25. The number of halogens is 1. The Kier molecular flexibility index (Phi) is 5.34. The summed E-state index contributed by atoms with van der Waals surface area (Å²) >= 11 is 5.93. The smallest absolute Gasteiger partial charge is 0.227 e. The van der Waals surface area contributed by atoms with Crippen LogP contribution in [0.3, 0.4) is 0 Å². The monoisotopic (exact) mass is 322 g/mol. The van der Waals surface area contributed by atoms with Gasteiger partial charge in [0.25, 0.3) is 0 Å². The maximum atomic E-state index is 12.6. The van der Waals surface area contributed by atoms with Crippen molar-refractivity contribution in [1.29, 1.82) is 0 Å². The Hall–Kier alpha value is -1.10. The summed E-state index contributed by atoms with van der Waals surface area (Å²) < 4.78 is 5.33. The quantitative estimate of drug-likeness (QED) is 0.856. The van der Waals surface area contributed by atoms with Gasteiger partial charge in [-0.1, -0.05) is 23.7 Å². The van der Waals surface area contributed by atoms with Gasteiger partial charge in [-0.25, -0.2) is 0 Å². The highest BCUT2D eigenvalue weighted by molar-refractivity contribution is 6.30. The predicted octanol–water partition coefficient (Wildman–Crippen LogP) is 2.41. The lowest BCUT2D eigenvalue weighted by molar-refractivity contribution is -0.141. The van der Waals surface area contributed by atoms with Crippen molar-refractivity contribution in [3.63, 3.8) is 0 Å². The molecule has 2 heterocycles. The van der Waals surface area contributed by atoms with Gasteiger partial charge in [0.05, 0.1) is 19.1 Å². The van der Waals surface area contributed by atoms with E-state index in [-0.39, 0.29) is 5.92 Å². The number of hydrogen-bond donors (Lipinski definition) is 0. The van der Waals surface area contributed by atoms with Crippen LogP contribution in [-0.2, 0) is 16.1 Å². The molecule has 2 aliphatic heterocycles. The van der Waals surface area contributed by atoms with Crippen LogP contribution in [0.1, 0.15) is 18.4 Å². The van der Waals surface area contributed by atoms with Crippen LogP contribution in [0.5, 0.6) is 0 Å². The summed E-state index contributed by atoms with van der Waals surface area (Å²) in [4.78, 5) is 17.0. The molecule has 2 saturated heterocycles. The van der Waals surface area contributed by atoms with Crippen molar-refractivity contribution in [2.24, 2.45) is 5.92 Å². The molecule has 1 atom stereocenters. The number of morpholine rings is 1. The zero-order chi connectivity index (χ0) is 15.4. The molecule has 0 aliphatic carbocycles. The van der Waals surface area contributed by atoms with E-state index in [0.717, 1.165) is 50.6 Å². The highest BCUT2D eigenvalue weighted by Crippen LogP contribution is 2.21. The van der Waals surface area contributed by atoms with Gasteiger partial charge in [0.2, 0.25) is 5.91 Å². The largest absolute Gasteiger partial charge is 0.378 e. The maximum Gasteiger partial charge on any atom is 0.227 e. The third-order valence-corrected chi connectivity index (χ3v) is 4.75. The molecule has 5 heteroatoms. The van der Waals surface area contributed by atoms with Gasteiger partial charge in [-0.3, -0.25) is 9.69 Å². The molecule has 120 valence electrons. The molecule has 1 amide bonds. The van der Waals surface area contributed by atoms with Gasteiger partial charge in [-0.05, 0) is 37.1 Å². The zero-order valence-corrected chi connectivity index (χ0v) is 13.6. The van der Waals surface area contributed by atoms with Gasteiger partial charge >= 0.3 is 0 Å². The number of rotatable bonds is 3. The Bertz CT molecular complexity index is 500. The molecule has 0 aromatic heterocycles. The molecular weight excluding hydrogens is 300 g/mol. The van der Waals surface area contributed by atoms with Crippen LogP contribution in [0.4, 0.5) is 0 Å². The fourth-order valence-electron chi connectivity index (χ4n) is 3.29. The van der Waals surface area contributed by atoms with E-state index in [0.29, 0.717) is 19.1 Å². The van der Waals surface area contributed by atoms with Gasteiger partial charge in [-0.15, -0.1) is 0 Å². The Morgan fingerprint density at radius 2 is 1.91 bits per heavy atom. The third kappa shape index (κ3) is 4.00. The van der Waals surface area contributed by atoms with Crippen LogP contribution in [0.25, 0.3) is 0 Å². The van der Waals surface area contributed by atoms with E-state index in [1.165, 1.54) is 5.56 Å². The number of ether oxygens (including phenoxy) is 1. The first-order valence-corrected chi connectivity index (χ1v) is 8.43. The van der Waals surface area contributed by atoms with Gasteiger partial charge in [-0.2, -0.15) is 0 Å². The van der Waals surface area contributed by atoms with Crippen molar-refractivity contribution in [2.75, 3.05) is 39.4 Å². The number of hydrogen-bond acceptors (Lipinski definition) is 3. The van der Waals surface area contributed by atoms with Crippen molar-refractivity contribution in [1.82, 2.24) is 9.80 Å². The highest BCUT2D eigenvalue weighted by Gasteiger charge is 2.29. The maximum absolute atomic E-state index is 12.6. The van der Waals surface area contributed by atoms with E-state index in [2.05, 4.69) is 17.0 Å². The van der Waals surface area contributed by atoms with E-state index in [1.54, 1.807) is 0 Å². The number of piperidine rings is 1. The van der Waals surface area contributed by atoms with E-state index in [1.807, 2.05) is 17.0 Å². The number of benzene rings is 1. The zero-order valence-electron chi connectivity index (χ0n) is 12.8. The molecule has 0 spiro atoms. The Morgan fingerprint density at radius 1 is 1.18 bits per heavy atom. The average Bonchev–Trinajstić information content (AvgIpc) is 2.57. The molecule has 2 fully saturated rings. The van der Waals surface area contributed by atoms with Gasteiger partial charge in [0.1, 0.15) is 0 Å². The first-order chi connectivity index (χ1) is 10.7. The van der Waals surface area contributed by atoms with E-state index >= 15 is 0 Å². The van der Waals surface area contributed by atoms with Crippen molar-refractivity contribution < 1.29 is 9.53 Å². The molecule has 0 bridgehead atoms. The first kappa shape index (κ1) is 15.8. The van der Waals surface area contributed by atoms with Crippen LogP contribution < -0.4 is 0 Å². The molecule has 2 aliphatic rings. The van der Waals surface area contributed by atoms with Crippen LogP contribution >= 0.6 is 11.6 Å². The summed E-state index contributed by atoms with van der Waals surface area (Å²) in [6, 6.07) is 7.99. The molecule has 0 saturated carbocycles. The number of carbonyl (C=O) groups excluding carboxylic acids is 1. The number of likely N-dealkylation sites (tertiary alicyclic amines) is 1. The second-order valence-electron chi connectivity index (χ2n) is 6.14. The van der Waals surface area contributed by atoms with Crippen LogP contribution in [0.2, 0.25) is 5.02 Å². The second-order valence-corrected chi connectivity index (χ2v) is 6.57. The van der Waals surface area contributed by atoms with Crippen LogP contribution in [-0.4, -0.2) is 55.1 Å². The van der Waals surface area contributed by atoms with E-state index in [4.69, 9.17) is 16.3 Å². The molecule has 1 aromatic carbocycles. The number of amides is 1. The van der Waals surface area contributed by atoms with Crippen LogP contribution in [0, 0.1) is 5.92 Å². The Morgan fingerprint density at radius 3 is 2.64 bits per heavy atom. The van der Waals surface area contributed by atoms with E-state index in [9.17, 15) is 4.79 Å². The molecule has 0 unspecified atom stereocenters. The van der Waals surface area contributed by atoms with E-state index < -0.39 is 0 Å². The van der Waals surface area contributed by atoms with Crippen molar-refractivity contribution in [3.8, 4) is 0 Å². The standard InChI is InChI=1S/C17H23ClN2O2/c18-16-5-3-14(4-6-16)12-19-7-1-2-15(13-19)17(21)20-8-10-22-11-9-20/h3-6,15H,1-2,7-13H2/t15-/m0/s1. The fraction of sp³-hybridized carbons (Fsp3) is 0.588. The summed E-state index contributed by atoms with van der Waals surface area (Å²) in [5, 5.41) is 0.766. The number of nitrogens with zero attached hydrogens (tertiary/aromatic N) is 2. The third-order valence-electron chi connectivity index (χ3n) is 4.50. The molecular formula is C17H23ClN2O2. The summed E-state index contributed by atoms with van der Waals surface area (Å²) in [6.07, 6.45) is 2.10. The SMILES string of the molecule is O=C([C@H]1CCCN(Cc2ccc(Cl)cc2)C1)N1CCOCC1. The van der Waals surface area contributed by atoms with Crippen molar-refractivity contribution in [2.45, 2.75) is 19.4 Å². The average molecular weight is 323 g/mol. The highest BCUT2D eigenvalue weighted by atomic mass is 35.5. The predicted molar refractivity (Wildman–Crippen MR) is 86.9 cm³/mol. The minimum atomic E-state index is 0.138. The molecule has 4 nitrogen and oxygen atoms in total. The molecule has 0 N–H and O–H groups in total. The lowest BCUT2D eigenvalue weighted by Gasteiger charge is -2.36. The fourth-order valence-corrected chi connectivity index (χ4v) is 3.42. The van der Waals surface area contributed by atoms with Crippen molar-refractivity contribution >= 4 is 17.5 Å². The van der Waals surface area contributed by atoms with Gasteiger partial charge in [0, 0.05) is 31.2 Å². The summed E-state index contributed by atoms with van der Waals surface area (Å²) in [5.74, 6) is 0.447. The van der Waals surface area contributed by atoms with Crippen LogP contribution in [0.15, 0.2) is 24.3 Å². The minimum absolute atomic E-state index is 0.138. The Balaban J connectivity index is 1.56. The summed E-state index contributed by atoms with van der Waals surface area (Å²) in [6.45, 7) is 5.65. The molecule has 3 rings (SSSR count).